The van der Waals surface area contributed by atoms with Crippen molar-refractivity contribution in [1.82, 2.24) is 19.1 Å². The first kappa shape index (κ1) is 18.3. The molecule has 0 unspecified atom stereocenters. The molecule has 0 atom stereocenters. The second kappa shape index (κ2) is 7.14. The SMILES string of the molecule is CCn1c(=O)c2[nH]c(N3CCN(c4ccccc4F)CC3)nc2n(CC)c1=O. The van der Waals surface area contributed by atoms with E-state index in [0.29, 0.717) is 62.1 Å². The van der Waals surface area contributed by atoms with Gasteiger partial charge in [0.05, 0.1) is 5.69 Å². The molecule has 1 aliphatic rings. The zero-order valence-corrected chi connectivity index (χ0v) is 16.0. The molecule has 4 rings (SSSR count). The van der Waals surface area contributed by atoms with E-state index in [0.717, 1.165) is 0 Å². The van der Waals surface area contributed by atoms with Crippen LogP contribution in [0, 0.1) is 5.82 Å². The number of halogens is 1. The molecular weight excluding hydrogens is 363 g/mol. The van der Waals surface area contributed by atoms with Crippen LogP contribution in [0.5, 0.6) is 0 Å². The molecule has 2 aromatic heterocycles. The Kier molecular flexibility index (Phi) is 4.66. The van der Waals surface area contributed by atoms with Gasteiger partial charge >= 0.3 is 5.69 Å². The number of aromatic amines is 1. The number of para-hydroxylation sites is 1. The van der Waals surface area contributed by atoms with E-state index in [1.165, 1.54) is 15.2 Å². The second-order valence-corrected chi connectivity index (χ2v) is 6.76. The van der Waals surface area contributed by atoms with Gasteiger partial charge in [0.1, 0.15) is 5.82 Å². The minimum atomic E-state index is -0.351. The molecule has 28 heavy (non-hydrogen) atoms. The molecule has 1 saturated heterocycles. The van der Waals surface area contributed by atoms with Crippen molar-refractivity contribution in [3.05, 3.63) is 50.9 Å². The fourth-order valence-corrected chi connectivity index (χ4v) is 3.74. The van der Waals surface area contributed by atoms with Crippen molar-refractivity contribution >= 4 is 22.8 Å². The van der Waals surface area contributed by atoms with Gasteiger partial charge in [-0.3, -0.25) is 13.9 Å². The van der Waals surface area contributed by atoms with Crippen LogP contribution in [-0.4, -0.2) is 45.3 Å². The highest BCUT2D eigenvalue weighted by Crippen LogP contribution is 2.22. The van der Waals surface area contributed by atoms with Crippen LogP contribution in [0.4, 0.5) is 16.0 Å². The van der Waals surface area contributed by atoms with Crippen LogP contribution in [0.1, 0.15) is 13.8 Å². The summed E-state index contributed by atoms with van der Waals surface area (Å²) in [5.41, 5.74) is 0.627. The number of aromatic nitrogens is 4. The Bertz CT molecular complexity index is 1120. The first-order chi connectivity index (χ1) is 13.5. The molecule has 0 bridgehead atoms. The maximum absolute atomic E-state index is 14.0. The quantitative estimate of drug-likeness (QED) is 0.733. The molecule has 1 N–H and O–H groups in total. The summed E-state index contributed by atoms with van der Waals surface area (Å²) in [7, 11) is 0. The van der Waals surface area contributed by atoms with Crippen LogP contribution in [-0.2, 0) is 13.1 Å². The van der Waals surface area contributed by atoms with Crippen LogP contribution in [0.3, 0.4) is 0 Å². The first-order valence-corrected chi connectivity index (χ1v) is 9.53. The number of nitrogens with zero attached hydrogens (tertiary/aromatic N) is 5. The maximum Gasteiger partial charge on any atom is 0.332 e. The van der Waals surface area contributed by atoms with E-state index >= 15 is 0 Å². The van der Waals surface area contributed by atoms with E-state index < -0.39 is 0 Å². The lowest BCUT2D eigenvalue weighted by atomic mass is 10.2. The molecule has 1 aliphatic heterocycles. The lowest BCUT2D eigenvalue weighted by Gasteiger charge is -2.36. The third-order valence-corrected chi connectivity index (χ3v) is 5.25. The molecule has 0 radical (unpaired) electrons. The fourth-order valence-electron chi connectivity index (χ4n) is 3.74. The standard InChI is InChI=1S/C19H23FN6O2/c1-3-25-16-15(17(27)26(4-2)19(25)28)21-18(22-16)24-11-9-23(10-12-24)14-8-6-5-7-13(14)20/h5-8H,3-4,9-12H2,1-2H3,(H,21,22). The van der Waals surface area contributed by atoms with Crippen molar-refractivity contribution in [3.8, 4) is 0 Å². The van der Waals surface area contributed by atoms with Gasteiger partial charge in [-0.05, 0) is 26.0 Å². The number of nitrogens with one attached hydrogen (secondary N) is 1. The maximum atomic E-state index is 14.0. The molecule has 0 aliphatic carbocycles. The highest BCUT2D eigenvalue weighted by molar-refractivity contribution is 5.73. The monoisotopic (exact) mass is 386 g/mol. The molecule has 9 heteroatoms. The van der Waals surface area contributed by atoms with Gasteiger partial charge in [0.15, 0.2) is 11.2 Å². The van der Waals surface area contributed by atoms with Gasteiger partial charge in [0.25, 0.3) is 5.56 Å². The number of piperazine rings is 1. The normalized spacial score (nSPS) is 14.8. The Morgan fingerprint density at radius 2 is 1.64 bits per heavy atom. The van der Waals surface area contributed by atoms with Gasteiger partial charge in [0, 0.05) is 39.3 Å². The number of H-pyrrole nitrogens is 1. The highest BCUT2D eigenvalue weighted by Gasteiger charge is 2.23. The molecule has 1 aromatic carbocycles. The van der Waals surface area contributed by atoms with E-state index in [1.807, 2.05) is 22.8 Å². The van der Waals surface area contributed by atoms with Crippen LogP contribution < -0.4 is 21.0 Å². The van der Waals surface area contributed by atoms with Crippen molar-refractivity contribution in [3.63, 3.8) is 0 Å². The topological polar surface area (TPSA) is 79.2 Å². The molecule has 1 fully saturated rings. The van der Waals surface area contributed by atoms with E-state index in [1.54, 1.807) is 19.1 Å². The number of aryl methyl sites for hydroxylation is 1. The average molecular weight is 386 g/mol. The van der Waals surface area contributed by atoms with Crippen LogP contribution in [0.25, 0.3) is 11.2 Å². The third-order valence-electron chi connectivity index (χ3n) is 5.25. The zero-order valence-electron chi connectivity index (χ0n) is 16.0. The Labute approximate surface area is 160 Å². The van der Waals surface area contributed by atoms with E-state index in [-0.39, 0.29) is 17.1 Å². The van der Waals surface area contributed by atoms with Gasteiger partial charge in [-0.2, -0.15) is 4.98 Å². The number of rotatable bonds is 4. The molecule has 3 heterocycles. The van der Waals surface area contributed by atoms with E-state index in [9.17, 15) is 14.0 Å². The van der Waals surface area contributed by atoms with Gasteiger partial charge < -0.3 is 14.8 Å². The van der Waals surface area contributed by atoms with Gasteiger partial charge in [0.2, 0.25) is 5.95 Å². The van der Waals surface area contributed by atoms with Crippen molar-refractivity contribution in [1.29, 1.82) is 0 Å². The summed E-state index contributed by atoms with van der Waals surface area (Å²) in [5.74, 6) is 0.336. The molecule has 8 nitrogen and oxygen atoms in total. The average Bonchev–Trinajstić information content (AvgIpc) is 3.15. The van der Waals surface area contributed by atoms with Gasteiger partial charge in [-0.1, -0.05) is 12.1 Å². The Morgan fingerprint density at radius 3 is 2.29 bits per heavy atom. The minimum Gasteiger partial charge on any atom is -0.366 e. The van der Waals surface area contributed by atoms with Crippen LogP contribution in [0.15, 0.2) is 33.9 Å². The molecule has 0 saturated carbocycles. The van der Waals surface area contributed by atoms with Crippen LogP contribution in [0.2, 0.25) is 0 Å². The smallest absolute Gasteiger partial charge is 0.332 e. The third kappa shape index (κ3) is 2.87. The number of benzene rings is 1. The lowest BCUT2D eigenvalue weighted by molar-refractivity contribution is 0.594. The minimum absolute atomic E-state index is 0.230. The molecular formula is C19H23FN6O2. The predicted octanol–water partition coefficient (Wildman–Crippen LogP) is 1.39. The lowest BCUT2D eigenvalue weighted by Crippen LogP contribution is -2.47. The van der Waals surface area contributed by atoms with Crippen molar-refractivity contribution in [2.75, 3.05) is 36.0 Å². The van der Waals surface area contributed by atoms with Gasteiger partial charge in [-0.15, -0.1) is 0 Å². The van der Waals surface area contributed by atoms with Crippen molar-refractivity contribution in [2.24, 2.45) is 0 Å². The second-order valence-electron chi connectivity index (χ2n) is 6.76. The van der Waals surface area contributed by atoms with Crippen LogP contribution >= 0.6 is 0 Å². The predicted molar refractivity (Wildman–Crippen MR) is 107 cm³/mol. The Morgan fingerprint density at radius 1 is 1.00 bits per heavy atom. The fraction of sp³-hybridized carbons (Fsp3) is 0.421. The first-order valence-electron chi connectivity index (χ1n) is 9.53. The summed E-state index contributed by atoms with van der Waals surface area (Å²) < 4.78 is 16.7. The number of anilines is 2. The van der Waals surface area contributed by atoms with E-state index in [2.05, 4.69) is 9.97 Å². The van der Waals surface area contributed by atoms with Crippen molar-refractivity contribution < 1.29 is 4.39 Å². The Balaban J connectivity index is 1.64. The summed E-state index contributed by atoms with van der Waals surface area (Å²) in [6.45, 7) is 6.90. The van der Waals surface area contributed by atoms with Gasteiger partial charge in [-0.25, -0.2) is 9.18 Å². The summed E-state index contributed by atoms with van der Waals surface area (Å²) in [4.78, 5) is 36.8. The zero-order chi connectivity index (χ0) is 19.8. The highest BCUT2D eigenvalue weighted by atomic mass is 19.1. The summed E-state index contributed by atoms with van der Waals surface area (Å²) in [6, 6.07) is 6.75. The van der Waals surface area contributed by atoms with E-state index in [4.69, 9.17) is 0 Å². The molecule has 3 aromatic rings. The number of hydrogen-bond acceptors (Lipinski definition) is 5. The largest absolute Gasteiger partial charge is 0.366 e. The molecule has 148 valence electrons. The Hall–Kier alpha value is -3.10. The van der Waals surface area contributed by atoms with Crippen molar-refractivity contribution in [2.45, 2.75) is 26.9 Å². The number of hydrogen-bond donors (Lipinski definition) is 1. The number of fused-ring (bicyclic) bond motifs is 1. The molecule has 0 amide bonds. The summed E-state index contributed by atoms with van der Waals surface area (Å²) >= 11 is 0. The number of imidazole rings is 1. The summed E-state index contributed by atoms with van der Waals surface area (Å²) in [6.07, 6.45) is 0. The summed E-state index contributed by atoms with van der Waals surface area (Å²) in [5, 5.41) is 0. The molecule has 0 spiro atoms.